The summed E-state index contributed by atoms with van der Waals surface area (Å²) in [5, 5.41) is 11.1. The van der Waals surface area contributed by atoms with E-state index in [0.717, 1.165) is 38.1 Å². The summed E-state index contributed by atoms with van der Waals surface area (Å²) >= 11 is 0. The van der Waals surface area contributed by atoms with Crippen LogP contribution in [-0.2, 0) is 17.8 Å². The Balaban J connectivity index is 0.00000169. The van der Waals surface area contributed by atoms with E-state index in [2.05, 4.69) is 15.5 Å². The second-order valence-electron chi connectivity index (χ2n) is 6.77. The summed E-state index contributed by atoms with van der Waals surface area (Å²) in [6.45, 7) is 4.01. The van der Waals surface area contributed by atoms with E-state index in [0.29, 0.717) is 17.1 Å². The van der Waals surface area contributed by atoms with Crippen molar-refractivity contribution in [3.8, 4) is 11.4 Å². The highest BCUT2D eigenvalue weighted by Gasteiger charge is 2.23. The third-order valence-corrected chi connectivity index (χ3v) is 4.16. The molecule has 6 nitrogen and oxygen atoms in total. The molecular formula is C17H24Cl2FN5O. The maximum Gasteiger partial charge on any atom is 0.243 e. The summed E-state index contributed by atoms with van der Waals surface area (Å²) in [6.07, 6.45) is 4.08. The Kier molecular flexibility index (Phi) is 7.56. The molecule has 1 aromatic carbocycles. The maximum absolute atomic E-state index is 14.4. The van der Waals surface area contributed by atoms with Crippen LogP contribution in [0.15, 0.2) is 18.2 Å². The standard InChI is InChI=1S/C17H22FN5O.2ClH/c1-17(2,19)16(24)20-11-7-8-13(18)12(10-11)15-22-21-14-6-4-3-5-9-23(14)15;;/h7-8,10H,3-6,9,19H2,1-2H3,(H,20,24);2*1H. The van der Waals surface area contributed by atoms with Crippen molar-refractivity contribution in [2.75, 3.05) is 5.32 Å². The topological polar surface area (TPSA) is 85.8 Å². The fourth-order valence-corrected chi connectivity index (χ4v) is 2.75. The van der Waals surface area contributed by atoms with Gasteiger partial charge in [0.25, 0.3) is 0 Å². The van der Waals surface area contributed by atoms with E-state index in [1.54, 1.807) is 19.9 Å². The second kappa shape index (κ2) is 8.79. The number of aryl methyl sites for hydroxylation is 1. The lowest BCUT2D eigenvalue weighted by Gasteiger charge is -2.18. The van der Waals surface area contributed by atoms with Crippen LogP contribution in [0.2, 0.25) is 0 Å². The fraction of sp³-hybridized carbons (Fsp3) is 0.471. The van der Waals surface area contributed by atoms with Gasteiger partial charge in [-0.1, -0.05) is 6.42 Å². The number of aromatic nitrogens is 3. The Morgan fingerprint density at radius 2 is 1.96 bits per heavy atom. The van der Waals surface area contributed by atoms with Gasteiger partial charge in [0.2, 0.25) is 5.91 Å². The predicted octanol–water partition coefficient (Wildman–Crippen LogP) is 3.33. The van der Waals surface area contributed by atoms with Crippen LogP contribution >= 0.6 is 24.8 Å². The number of carbonyl (C=O) groups excluding carboxylic acids is 1. The van der Waals surface area contributed by atoms with Gasteiger partial charge >= 0.3 is 0 Å². The van der Waals surface area contributed by atoms with E-state index in [1.807, 2.05) is 4.57 Å². The van der Waals surface area contributed by atoms with Gasteiger partial charge < -0.3 is 15.6 Å². The number of amides is 1. The molecule has 1 aliphatic heterocycles. The molecule has 0 fully saturated rings. The summed E-state index contributed by atoms with van der Waals surface area (Å²) in [4.78, 5) is 12.0. The third-order valence-electron chi connectivity index (χ3n) is 4.16. The summed E-state index contributed by atoms with van der Waals surface area (Å²) in [7, 11) is 0. The van der Waals surface area contributed by atoms with Gasteiger partial charge in [-0.05, 0) is 44.9 Å². The molecular weight excluding hydrogens is 380 g/mol. The molecule has 0 bridgehead atoms. The molecule has 9 heteroatoms. The predicted molar refractivity (Wildman–Crippen MR) is 104 cm³/mol. The van der Waals surface area contributed by atoms with Crippen molar-refractivity contribution in [2.45, 2.75) is 51.6 Å². The third kappa shape index (κ3) is 4.72. The number of benzene rings is 1. The quantitative estimate of drug-likeness (QED) is 0.822. The number of anilines is 1. The summed E-state index contributed by atoms with van der Waals surface area (Å²) in [5.74, 6) is 0.673. The van der Waals surface area contributed by atoms with Gasteiger partial charge in [-0.25, -0.2) is 4.39 Å². The molecule has 0 radical (unpaired) electrons. The number of nitrogens with zero attached hydrogens (tertiary/aromatic N) is 3. The van der Waals surface area contributed by atoms with Crippen LogP contribution in [0.25, 0.3) is 11.4 Å². The van der Waals surface area contributed by atoms with Crippen molar-refractivity contribution >= 4 is 36.4 Å². The van der Waals surface area contributed by atoms with Crippen molar-refractivity contribution in [1.29, 1.82) is 0 Å². The number of rotatable bonds is 3. The average molecular weight is 404 g/mol. The van der Waals surface area contributed by atoms with E-state index in [-0.39, 0.29) is 36.5 Å². The molecule has 2 heterocycles. The lowest BCUT2D eigenvalue weighted by molar-refractivity contribution is -0.120. The van der Waals surface area contributed by atoms with Gasteiger partial charge in [0.1, 0.15) is 11.6 Å². The van der Waals surface area contributed by atoms with Crippen LogP contribution in [-0.4, -0.2) is 26.2 Å². The van der Waals surface area contributed by atoms with Gasteiger partial charge in [0.15, 0.2) is 5.82 Å². The maximum atomic E-state index is 14.4. The fourth-order valence-electron chi connectivity index (χ4n) is 2.75. The van der Waals surface area contributed by atoms with E-state index in [1.165, 1.54) is 12.1 Å². The van der Waals surface area contributed by atoms with Crippen molar-refractivity contribution in [1.82, 2.24) is 14.8 Å². The first-order chi connectivity index (χ1) is 11.4. The lowest BCUT2D eigenvalue weighted by atomic mass is 10.1. The van der Waals surface area contributed by atoms with Gasteiger partial charge in [0, 0.05) is 18.7 Å². The molecule has 1 aliphatic rings. The molecule has 2 aromatic rings. The Morgan fingerprint density at radius 1 is 1.23 bits per heavy atom. The van der Waals surface area contributed by atoms with E-state index >= 15 is 0 Å². The molecule has 0 spiro atoms. The van der Waals surface area contributed by atoms with Crippen LogP contribution in [0.1, 0.15) is 38.9 Å². The Hall–Kier alpha value is -1.70. The molecule has 1 amide bonds. The Bertz CT molecular complexity index is 773. The van der Waals surface area contributed by atoms with Crippen LogP contribution in [0.4, 0.5) is 10.1 Å². The van der Waals surface area contributed by atoms with Gasteiger partial charge in [0.05, 0.1) is 11.1 Å². The molecule has 3 N–H and O–H groups in total. The van der Waals surface area contributed by atoms with Gasteiger partial charge in [-0.2, -0.15) is 0 Å². The smallest absolute Gasteiger partial charge is 0.243 e. The molecule has 0 aliphatic carbocycles. The number of nitrogens with two attached hydrogens (primary N) is 1. The molecule has 3 rings (SSSR count). The van der Waals surface area contributed by atoms with Gasteiger partial charge in [-0.3, -0.25) is 4.79 Å². The highest BCUT2D eigenvalue weighted by Crippen LogP contribution is 2.27. The van der Waals surface area contributed by atoms with Crippen molar-refractivity contribution in [3.05, 3.63) is 29.8 Å². The molecule has 26 heavy (non-hydrogen) atoms. The van der Waals surface area contributed by atoms with Crippen molar-refractivity contribution in [2.24, 2.45) is 5.73 Å². The molecule has 144 valence electrons. The minimum atomic E-state index is -1.01. The second-order valence-corrected chi connectivity index (χ2v) is 6.77. The first-order valence-corrected chi connectivity index (χ1v) is 8.18. The lowest BCUT2D eigenvalue weighted by Crippen LogP contribution is -2.45. The average Bonchev–Trinajstić information content (AvgIpc) is 2.76. The van der Waals surface area contributed by atoms with Crippen LogP contribution in [0.5, 0.6) is 0 Å². The van der Waals surface area contributed by atoms with E-state index in [4.69, 9.17) is 5.73 Å². The monoisotopic (exact) mass is 403 g/mol. The number of halogens is 3. The molecule has 0 saturated carbocycles. The number of nitrogens with one attached hydrogen (secondary N) is 1. The highest BCUT2D eigenvalue weighted by atomic mass is 35.5. The summed E-state index contributed by atoms with van der Waals surface area (Å²) < 4.78 is 16.3. The number of fused-ring (bicyclic) bond motifs is 1. The first-order valence-electron chi connectivity index (χ1n) is 8.18. The van der Waals surface area contributed by atoms with Crippen LogP contribution in [0, 0.1) is 5.82 Å². The number of hydrogen-bond donors (Lipinski definition) is 2. The summed E-state index contributed by atoms with van der Waals surface area (Å²) in [6, 6.07) is 4.43. The zero-order valence-electron chi connectivity index (χ0n) is 14.8. The zero-order chi connectivity index (χ0) is 17.3. The molecule has 0 saturated heterocycles. The van der Waals surface area contributed by atoms with Crippen LogP contribution in [0.3, 0.4) is 0 Å². The SMILES string of the molecule is CC(C)(N)C(=O)Nc1ccc(F)c(-c2nnc3n2CCCCC3)c1.Cl.Cl. The summed E-state index contributed by atoms with van der Waals surface area (Å²) in [5.41, 5.74) is 5.60. The molecule has 1 aromatic heterocycles. The highest BCUT2D eigenvalue weighted by molar-refractivity contribution is 5.97. The Labute approximate surface area is 164 Å². The van der Waals surface area contributed by atoms with Crippen LogP contribution < -0.4 is 11.1 Å². The van der Waals surface area contributed by atoms with E-state index in [9.17, 15) is 9.18 Å². The largest absolute Gasteiger partial charge is 0.324 e. The zero-order valence-corrected chi connectivity index (χ0v) is 16.4. The van der Waals surface area contributed by atoms with Crippen molar-refractivity contribution in [3.63, 3.8) is 0 Å². The molecule has 0 unspecified atom stereocenters. The first kappa shape index (κ1) is 22.3. The minimum absolute atomic E-state index is 0. The number of carbonyl (C=O) groups is 1. The van der Waals surface area contributed by atoms with Gasteiger partial charge in [-0.15, -0.1) is 35.0 Å². The minimum Gasteiger partial charge on any atom is -0.324 e. The number of hydrogen-bond acceptors (Lipinski definition) is 4. The molecule has 0 atom stereocenters. The van der Waals surface area contributed by atoms with Crippen molar-refractivity contribution < 1.29 is 9.18 Å². The Morgan fingerprint density at radius 3 is 2.65 bits per heavy atom. The van der Waals surface area contributed by atoms with E-state index < -0.39 is 5.54 Å². The normalized spacial score (nSPS) is 13.7.